The van der Waals surface area contributed by atoms with Crippen LogP contribution in [0.15, 0.2) is 65.9 Å². The van der Waals surface area contributed by atoms with E-state index in [2.05, 4.69) is 15.5 Å². The van der Waals surface area contributed by atoms with Crippen molar-refractivity contribution in [3.05, 3.63) is 88.3 Å². The molecule has 28 heavy (non-hydrogen) atoms. The fourth-order valence-electron chi connectivity index (χ4n) is 3.82. The first-order chi connectivity index (χ1) is 13.7. The van der Waals surface area contributed by atoms with Gasteiger partial charge in [-0.2, -0.15) is 5.10 Å². The summed E-state index contributed by atoms with van der Waals surface area (Å²) in [6.07, 6.45) is 0. The number of carbonyl (C=O) groups excluding carboxylic acids is 1. The van der Waals surface area contributed by atoms with Crippen LogP contribution in [-0.4, -0.2) is 22.8 Å². The van der Waals surface area contributed by atoms with E-state index < -0.39 is 0 Å². The van der Waals surface area contributed by atoms with Gasteiger partial charge in [0, 0.05) is 17.2 Å². The summed E-state index contributed by atoms with van der Waals surface area (Å²) in [7, 11) is 0. The maximum Gasteiger partial charge on any atom is 0.337 e. The van der Waals surface area contributed by atoms with Crippen LogP contribution in [0.3, 0.4) is 0 Å². The lowest BCUT2D eigenvalue weighted by Gasteiger charge is -2.24. The van der Waals surface area contributed by atoms with Gasteiger partial charge in [-0.3, -0.25) is 5.10 Å². The van der Waals surface area contributed by atoms with E-state index in [-0.39, 0.29) is 18.5 Å². The molecule has 0 amide bonds. The van der Waals surface area contributed by atoms with Crippen LogP contribution in [0.4, 0.5) is 5.82 Å². The Hall–Kier alpha value is -3.54. The number of hydrogen-bond acceptors (Lipinski definition) is 5. The van der Waals surface area contributed by atoms with Crippen molar-refractivity contribution in [2.45, 2.75) is 19.4 Å². The number of benzene rings is 2. The third-order valence-corrected chi connectivity index (χ3v) is 5.20. The molecule has 2 aromatic carbocycles. The van der Waals surface area contributed by atoms with Crippen molar-refractivity contribution in [1.82, 2.24) is 10.2 Å². The van der Waals surface area contributed by atoms with Crippen LogP contribution in [0.1, 0.15) is 28.3 Å². The highest BCUT2D eigenvalue weighted by Gasteiger charge is 2.40. The number of carbonyl (C=O) groups is 1. The summed E-state index contributed by atoms with van der Waals surface area (Å²) in [6, 6.07) is 17.9. The molecule has 6 nitrogen and oxygen atoms in total. The monoisotopic (exact) mass is 373 g/mol. The average molecular weight is 373 g/mol. The van der Waals surface area contributed by atoms with Crippen molar-refractivity contribution in [2.75, 3.05) is 11.9 Å². The van der Waals surface area contributed by atoms with Gasteiger partial charge in [-0.25, -0.2) is 4.79 Å². The van der Waals surface area contributed by atoms with Gasteiger partial charge in [-0.1, -0.05) is 42.5 Å². The second-order valence-corrected chi connectivity index (χ2v) is 6.98. The Morgan fingerprint density at radius 2 is 1.93 bits per heavy atom. The second-order valence-electron chi connectivity index (χ2n) is 6.98. The Morgan fingerprint density at radius 3 is 2.71 bits per heavy atom. The Balaban J connectivity index is 1.45. The summed E-state index contributed by atoms with van der Waals surface area (Å²) in [5.74, 6) is 1.06. The Morgan fingerprint density at radius 1 is 1.14 bits per heavy atom. The summed E-state index contributed by atoms with van der Waals surface area (Å²) in [6.45, 7) is 2.73. The molecule has 3 aromatic rings. The highest BCUT2D eigenvalue weighted by molar-refractivity contribution is 5.97. The summed E-state index contributed by atoms with van der Waals surface area (Å²) in [5.41, 5.74) is 5.49. The molecule has 1 unspecified atom stereocenters. The highest BCUT2D eigenvalue weighted by atomic mass is 16.5. The van der Waals surface area contributed by atoms with Gasteiger partial charge >= 0.3 is 5.97 Å². The van der Waals surface area contributed by atoms with Crippen LogP contribution < -0.4 is 10.1 Å². The van der Waals surface area contributed by atoms with Crippen LogP contribution in [-0.2, 0) is 16.1 Å². The fourth-order valence-corrected chi connectivity index (χ4v) is 3.82. The first-order valence-electron chi connectivity index (χ1n) is 9.19. The van der Waals surface area contributed by atoms with Crippen molar-refractivity contribution in [2.24, 2.45) is 0 Å². The van der Waals surface area contributed by atoms with E-state index in [0.29, 0.717) is 12.2 Å². The lowest BCUT2D eigenvalue weighted by atomic mass is 9.82. The van der Waals surface area contributed by atoms with Crippen LogP contribution >= 0.6 is 0 Å². The minimum Gasteiger partial charge on any atom is -0.489 e. The average Bonchev–Trinajstić information content (AvgIpc) is 3.29. The molecule has 6 heteroatoms. The van der Waals surface area contributed by atoms with E-state index in [9.17, 15) is 4.79 Å². The number of aryl methyl sites for hydroxylation is 1. The molecule has 3 heterocycles. The maximum absolute atomic E-state index is 12.4. The zero-order valence-electron chi connectivity index (χ0n) is 15.4. The van der Waals surface area contributed by atoms with Crippen molar-refractivity contribution in [1.29, 1.82) is 0 Å². The van der Waals surface area contributed by atoms with E-state index >= 15 is 0 Å². The minimum absolute atomic E-state index is 0.205. The van der Waals surface area contributed by atoms with Crippen LogP contribution in [0.2, 0.25) is 0 Å². The number of nitrogens with one attached hydrogen (secondary N) is 2. The van der Waals surface area contributed by atoms with Gasteiger partial charge in [0.2, 0.25) is 0 Å². The Bertz CT molecular complexity index is 1070. The predicted octanol–water partition coefficient (Wildman–Crippen LogP) is 3.67. The third-order valence-electron chi connectivity index (χ3n) is 5.20. The van der Waals surface area contributed by atoms with Crippen molar-refractivity contribution in [3.63, 3.8) is 0 Å². The molecular formula is C22H19N3O3. The zero-order valence-corrected chi connectivity index (χ0v) is 15.4. The number of rotatable bonds is 4. The van der Waals surface area contributed by atoms with E-state index in [1.807, 2.05) is 61.5 Å². The third kappa shape index (κ3) is 2.74. The SMILES string of the molecule is Cc1[nH]nc2c1C(c1ccc(OCc3ccccc3)cc1)C1=C(COC1=O)N2. The standard InChI is InChI=1S/C22H19N3O3/c1-13-18-19(20-17(12-28-22(20)26)23-21(18)25-24-13)15-7-9-16(10-8-15)27-11-14-5-3-2-4-6-14/h2-10,19H,11-12H2,1H3,(H2,23,24,25). The molecule has 0 radical (unpaired) electrons. The fraction of sp³-hybridized carbons (Fsp3) is 0.182. The summed E-state index contributed by atoms with van der Waals surface area (Å²) in [4.78, 5) is 12.4. The number of ether oxygens (including phenoxy) is 2. The summed E-state index contributed by atoms with van der Waals surface area (Å²) in [5, 5.41) is 10.6. The van der Waals surface area contributed by atoms with Crippen molar-refractivity contribution in [3.8, 4) is 5.75 Å². The van der Waals surface area contributed by atoms with Gasteiger partial charge in [0.15, 0.2) is 5.82 Å². The number of fused-ring (bicyclic) bond motifs is 1. The molecule has 0 saturated heterocycles. The topological polar surface area (TPSA) is 76.2 Å². The number of cyclic esters (lactones) is 1. The Kier molecular flexibility index (Phi) is 3.90. The lowest BCUT2D eigenvalue weighted by Crippen LogP contribution is -2.19. The molecule has 2 aliphatic heterocycles. The van der Waals surface area contributed by atoms with Crippen molar-refractivity contribution >= 4 is 11.8 Å². The molecular weight excluding hydrogens is 354 g/mol. The van der Waals surface area contributed by atoms with Crippen LogP contribution in [0, 0.1) is 6.92 Å². The molecule has 1 aromatic heterocycles. The largest absolute Gasteiger partial charge is 0.489 e. The van der Waals surface area contributed by atoms with E-state index in [1.165, 1.54) is 0 Å². The number of H-pyrrole nitrogens is 1. The summed E-state index contributed by atoms with van der Waals surface area (Å²) >= 11 is 0. The zero-order chi connectivity index (χ0) is 19.1. The molecule has 140 valence electrons. The van der Waals surface area contributed by atoms with E-state index in [0.717, 1.165) is 39.6 Å². The molecule has 0 spiro atoms. The molecule has 2 N–H and O–H groups in total. The van der Waals surface area contributed by atoms with Gasteiger partial charge < -0.3 is 14.8 Å². The van der Waals surface area contributed by atoms with Gasteiger partial charge in [0.05, 0.1) is 11.3 Å². The van der Waals surface area contributed by atoms with Gasteiger partial charge in [0.25, 0.3) is 0 Å². The summed E-state index contributed by atoms with van der Waals surface area (Å²) < 4.78 is 11.2. The molecule has 0 aliphatic carbocycles. The maximum atomic E-state index is 12.4. The Labute approximate surface area is 162 Å². The number of hydrogen-bond donors (Lipinski definition) is 2. The second kappa shape index (κ2) is 6.56. The molecule has 0 fully saturated rings. The number of aromatic nitrogens is 2. The molecule has 0 bridgehead atoms. The number of aromatic amines is 1. The van der Waals surface area contributed by atoms with Crippen LogP contribution in [0.25, 0.3) is 0 Å². The van der Waals surface area contributed by atoms with E-state index in [4.69, 9.17) is 9.47 Å². The smallest absolute Gasteiger partial charge is 0.337 e. The molecule has 0 saturated carbocycles. The molecule has 1 atom stereocenters. The van der Waals surface area contributed by atoms with Gasteiger partial charge in [-0.05, 0) is 30.2 Å². The first-order valence-corrected chi connectivity index (χ1v) is 9.19. The highest BCUT2D eigenvalue weighted by Crippen LogP contribution is 2.44. The van der Waals surface area contributed by atoms with Crippen molar-refractivity contribution < 1.29 is 14.3 Å². The number of nitrogens with zero attached hydrogens (tertiary/aromatic N) is 1. The van der Waals surface area contributed by atoms with Gasteiger partial charge in [0.1, 0.15) is 19.0 Å². The predicted molar refractivity (Wildman–Crippen MR) is 104 cm³/mol. The molecule has 2 aliphatic rings. The number of esters is 1. The van der Waals surface area contributed by atoms with Gasteiger partial charge in [-0.15, -0.1) is 0 Å². The van der Waals surface area contributed by atoms with E-state index in [1.54, 1.807) is 0 Å². The normalized spacial score (nSPS) is 17.6. The quantitative estimate of drug-likeness (QED) is 0.683. The first kappa shape index (κ1) is 16.6. The number of anilines is 1. The van der Waals surface area contributed by atoms with Crippen LogP contribution in [0.5, 0.6) is 5.75 Å². The molecule has 5 rings (SSSR count). The minimum atomic E-state index is -0.275. The lowest BCUT2D eigenvalue weighted by molar-refractivity contribution is -0.136.